The Balaban J connectivity index is 0.794. The van der Waals surface area contributed by atoms with Crippen LogP contribution < -0.4 is 25.2 Å². The third kappa shape index (κ3) is 18.6. The van der Waals surface area contributed by atoms with E-state index >= 15 is 0 Å². The van der Waals surface area contributed by atoms with Gasteiger partial charge in [-0.3, -0.25) is 19.4 Å². The molecule has 89 heavy (non-hydrogen) atoms. The highest BCUT2D eigenvalue weighted by molar-refractivity contribution is 7.99. The molecule has 3 fully saturated rings. The third-order valence-electron chi connectivity index (χ3n) is 16.4. The van der Waals surface area contributed by atoms with Crippen LogP contribution in [0.25, 0.3) is 5.57 Å². The molecular weight excluding hydrogens is 1230 g/mol. The number of anilines is 3. The van der Waals surface area contributed by atoms with Gasteiger partial charge in [0.25, 0.3) is 31.7 Å². The SMILES string of the molecule is C[C@@]1(CN2CCN(c3ccc(C(=O)NCCCOCC(=O)O)nn3)CC2)CCC(c2ccc(Cl)cc2)=C(CN2CCN(c3ccc(C(=O)NS(=O)(=O)c4ccc(N[C@H](CCN5CCCOCC5)CSc5ccccc5)c(S(=O)(=O)C(F)(F)F)c4)cc3)CC2)C1. The number of halogens is 4. The lowest BCUT2D eigenvalue weighted by Gasteiger charge is -2.44. The maximum Gasteiger partial charge on any atom is 0.501 e. The van der Waals surface area contributed by atoms with Gasteiger partial charge in [0.05, 0.1) is 17.2 Å². The summed E-state index contributed by atoms with van der Waals surface area (Å²) in [6, 6.07) is 29.1. The topological polar surface area (TPSA) is 236 Å². The van der Waals surface area contributed by atoms with Crippen LogP contribution in [-0.4, -0.2) is 200 Å². The summed E-state index contributed by atoms with van der Waals surface area (Å²) in [6.07, 6.45) is 4.54. The molecule has 4 aliphatic rings. The molecule has 3 aliphatic heterocycles. The normalized spacial score (nSPS) is 18.9. The fourth-order valence-electron chi connectivity index (χ4n) is 11.6. The molecule has 0 bridgehead atoms. The first-order valence-electron chi connectivity index (χ1n) is 29.8. The highest BCUT2D eigenvalue weighted by Gasteiger charge is 2.49. The molecule has 4 heterocycles. The number of allylic oxidation sites excluding steroid dienone is 1. The fourth-order valence-corrected chi connectivity index (χ4v) is 14.8. The van der Waals surface area contributed by atoms with E-state index in [1.54, 1.807) is 18.2 Å². The number of aromatic nitrogens is 2. The second kappa shape index (κ2) is 30.6. The molecule has 0 saturated carbocycles. The molecule has 3 saturated heterocycles. The van der Waals surface area contributed by atoms with Gasteiger partial charge in [-0.05, 0) is 134 Å². The van der Waals surface area contributed by atoms with Crippen molar-refractivity contribution < 1.29 is 59.0 Å². The number of aliphatic carboxylic acids is 1. The predicted octanol–water partition coefficient (Wildman–Crippen LogP) is 8.04. The highest BCUT2D eigenvalue weighted by Crippen LogP contribution is 2.44. The van der Waals surface area contributed by atoms with E-state index in [9.17, 15) is 44.4 Å². The standard InChI is InChI=1S/C62H76ClF3N10O10S3/c1-61(44-74-29-33-76(34-30-74)57-20-19-55(69-70-57)60(80)67-24-5-36-86-42-58(77)78)23-21-53(45-9-13-48(63)14-10-45)47(40-61)41-73-27-31-75(32-28-73)50-15-11-46(12-16-50)59(79)71-89(83,84)52-17-18-54(56(39-52)88(81,82)62(64,65)66)68-49(43-87-51-7-3-2-4-8-51)22-26-72-25-6-37-85-38-35-72/h2-4,7-20,39,49,68H,5-6,21-38,40-44H2,1H3,(H,67,80)(H,71,79)(H,77,78)/t49-,61-/m1/s1. The van der Waals surface area contributed by atoms with Crippen molar-refractivity contribution >= 4 is 83.8 Å². The summed E-state index contributed by atoms with van der Waals surface area (Å²) in [7, 11) is -11.0. The molecule has 2 atom stereocenters. The van der Waals surface area contributed by atoms with Gasteiger partial charge in [-0.25, -0.2) is 26.4 Å². The van der Waals surface area contributed by atoms with E-state index in [1.165, 1.54) is 35.0 Å². The average Bonchev–Trinajstić information content (AvgIpc) is 1.18. The van der Waals surface area contributed by atoms with E-state index in [4.69, 9.17) is 26.2 Å². The van der Waals surface area contributed by atoms with E-state index in [2.05, 4.69) is 64.4 Å². The third-order valence-corrected chi connectivity index (χ3v) is 20.7. The van der Waals surface area contributed by atoms with Crippen molar-refractivity contribution in [3.05, 3.63) is 137 Å². The number of piperazine rings is 2. The number of sulfone groups is 1. The number of thioether (sulfide) groups is 1. The Labute approximate surface area is 527 Å². The smallest absolute Gasteiger partial charge is 0.480 e. The van der Waals surface area contributed by atoms with Crippen LogP contribution in [0, 0.1) is 5.41 Å². The van der Waals surface area contributed by atoms with Crippen molar-refractivity contribution in [1.29, 1.82) is 0 Å². The summed E-state index contributed by atoms with van der Waals surface area (Å²) in [5, 5.41) is 23.7. The van der Waals surface area contributed by atoms with Crippen LogP contribution in [0.3, 0.4) is 0 Å². The number of carbonyl (C=O) groups is 3. The Kier molecular flexibility index (Phi) is 23.1. The van der Waals surface area contributed by atoms with Crippen LogP contribution in [0.2, 0.25) is 5.02 Å². The van der Waals surface area contributed by atoms with Gasteiger partial charge in [-0.15, -0.1) is 22.0 Å². The largest absolute Gasteiger partial charge is 0.501 e. The number of sulfonamides is 1. The summed E-state index contributed by atoms with van der Waals surface area (Å²) >= 11 is 7.80. The van der Waals surface area contributed by atoms with Crippen molar-refractivity contribution in [2.24, 2.45) is 5.41 Å². The number of ether oxygens (including phenoxy) is 2. The van der Waals surface area contributed by atoms with Crippen LogP contribution in [0.5, 0.6) is 0 Å². The first kappa shape index (κ1) is 67.0. The van der Waals surface area contributed by atoms with Gasteiger partial charge in [0.15, 0.2) is 11.5 Å². The number of carboxylic acids is 1. The first-order chi connectivity index (χ1) is 42.6. The average molecular weight is 1310 g/mol. The molecular formula is C62H76ClF3N10O10S3. The van der Waals surface area contributed by atoms with E-state index in [1.807, 2.05) is 53.3 Å². The Morgan fingerprint density at radius 3 is 2.22 bits per heavy atom. The molecule has 0 spiro atoms. The lowest BCUT2D eigenvalue weighted by molar-refractivity contribution is -0.142. The molecule has 480 valence electrons. The minimum atomic E-state index is -6.10. The lowest BCUT2D eigenvalue weighted by atomic mass is 9.71. The van der Waals surface area contributed by atoms with E-state index < -0.39 is 58.8 Å². The summed E-state index contributed by atoms with van der Waals surface area (Å²) in [6.45, 7) is 13.4. The lowest BCUT2D eigenvalue weighted by Crippen LogP contribution is -2.50. The fraction of sp³-hybridized carbons (Fsp3) is 0.468. The zero-order valence-corrected chi connectivity index (χ0v) is 52.8. The molecule has 4 N–H and O–H groups in total. The number of carboxylic acid groups (broad SMARTS) is 1. The minimum absolute atomic E-state index is 0.00777. The molecule has 5 aromatic rings. The Morgan fingerprint density at radius 2 is 1.53 bits per heavy atom. The highest BCUT2D eigenvalue weighted by atomic mass is 35.5. The molecule has 0 unspecified atom stereocenters. The van der Waals surface area contributed by atoms with Crippen LogP contribution >= 0.6 is 23.4 Å². The summed E-state index contributed by atoms with van der Waals surface area (Å²) in [4.78, 5) is 47.1. The summed E-state index contributed by atoms with van der Waals surface area (Å²) in [5.41, 5.74) is -1.31. The second-order valence-corrected chi connectivity index (χ2v) is 28.2. The van der Waals surface area contributed by atoms with Gasteiger partial charge in [-0.1, -0.05) is 54.4 Å². The zero-order valence-electron chi connectivity index (χ0n) is 49.6. The number of rotatable bonds is 26. The van der Waals surface area contributed by atoms with E-state index in [0.29, 0.717) is 81.4 Å². The molecule has 0 radical (unpaired) electrons. The Morgan fingerprint density at radius 1 is 0.809 bits per heavy atom. The number of amides is 2. The van der Waals surface area contributed by atoms with Gasteiger partial charge >= 0.3 is 11.5 Å². The summed E-state index contributed by atoms with van der Waals surface area (Å²) < 4.78 is 110. The Hall–Kier alpha value is -6.36. The van der Waals surface area contributed by atoms with Crippen LogP contribution in [-0.2, 0) is 34.1 Å². The summed E-state index contributed by atoms with van der Waals surface area (Å²) in [5.74, 6) is -1.41. The van der Waals surface area contributed by atoms with E-state index in [-0.39, 0.29) is 35.8 Å². The number of nitrogens with zero attached hydrogens (tertiary/aromatic N) is 7. The van der Waals surface area contributed by atoms with Crippen LogP contribution in [0.15, 0.2) is 129 Å². The molecule has 27 heteroatoms. The monoisotopic (exact) mass is 1310 g/mol. The quantitative estimate of drug-likeness (QED) is 0.0303. The molecule has 9 rings (SSSR count). The Bertz CT molecular complexity index is 3460. The van der Waals surface area contributed by atoms with Crippen molar-refractivity contribution in [3.63, 3.8) is 0 Å². The van der Waals surface area contributed by atoms with Crippen molar-refractivity contribution in [2.75, 3.05) is 139 Å². The first-order valence-corrected chi connectivity index (χ1v) is 34.1. The van der Waals surface area contributed by atoms with Gasteiger partial charge in [0.1, 0.15) is 11.5 Å². The second-order valence-electron chi connectivity index (χ2n) is 23.1. The number of hydrogen-bond donors (Lipinski definition) is 4. The van der Waals surface area contributed by atoms with Crippen molar-refractivity contribution in [2.45, 2.75) is 71.7 Å². The number of hydrogen-bond acceptors (Lipinski definition) is 18. The molecule has 20 nitrogen and oxygen atoms in total. The van der Waals surface area contributed by atoms with Crippen LogP contribution in [0.4, 0.5) is 30.4 Å². The molecule has 1 aromatic heterocycles. The minimum Gasteiger partial charge on any atom is -0.480 e. The molecule has 4 aromatic carbocycles. The van der Waals surface area contributed by atoms with Gasteiger partial charge in [-0.2, -0.15) is 13.2 Å². The zero-order chi connectivity index (χ0) is 63.2. The van der Waals surface area contributed by atoms with Crippen molar-refractivity contribution in [1.82, 2.24) is 34.9 Å². The maximum atomic E-state index is 14.4. The molecule has 1 aliphatic carbocycles. The van der Waals surface area contributed by atoms with Crippen LogP contribution in [0.1, 0.15) is 71.9 Å². The number of carbonyl (C=O) groups excluding carboxylic acids is 2. The predicted molar refractivity (Wildman–Crippen MR) is 337 cm³/mol. The van der Waals surface area contributed by atoms with E-state index in [0.717, 1.165) is 113 Å². The van der Waals surface area contributed by atoms with Crippen molar-refractivity contribution in [3.8, 4) is 0 Å². The number of nitrogens with one attached hydrogen (secondary N) is 3. The maximum absolute atomic E-state index is 14.4. The van der Waals surface area contributed by atoms with Gasteiger partial charge < -0.3 is 39.9 Å². The molecule has 2 amide bonds. The van der Waals surface area contributed by atoms with Gasteiger partial charge in [0, 0.05) is 138 Å². The van der Waals surface area contributed by atoms with Gasteiger partial charge in [0.2, 0.25) is 0 Å². The number of alkyl halides is 3. The number of benzene rings is 4.